The van der Waals surface area contributed by atoms with Crippen LogP contribution in [0.25, 0.3) is 5.78 Å². The van der Waals surface area contributed by atoms with Crippen LogP contribution in [0.15, 0.2) is 18.2 Å². The summed E-state index contributed by atoms with van der Waals surface area (Å²) < 4.78 is 53.1. The predicted molar refractivity (Wildman–Crippen MR) is 105 cm³/mol. The first kappa shape index (κ1) is 23.1. The SMILES string of the molecule is Cc1ccc(C(=O)NCCNC(=O)Cc2c(C)nc3nc(C(F)(F)F)nn3c2C)cc1F. The number of rotatable bonds is 6. The lowest BCUT2D eigenvalue weighted by Gasteiger charge is -2.11. The third kappa shape index (κ3) is 5.01. The molecule has 0 saturated heterocycles. The topological polar surface area (TPSA) is 101 Å². The number of benzene rings is 1. The van der Waals surface area contributed by atoms with Crippen molar-refractivity contribution in [3.05, 3.63) is 57.9 Å². The predicted octanol–water partition coefficient (Wildman–Crippen LogP) is 2.30. The minimum atomic E-state index is -4.71. The summed E-state index contributed by atoms with van der Waals surface area (Å²) in [5, 5.41) is 8.62. The van der Waals surface area contributed by atoms with Crippen molar-refractivity contribution in [1.82, 2.24) is 30.2 Å². The van der Waals surface area contributed by atoms with Crippen molar-refractivity contribution in [2.45, 2.75) is 33.4 Å². The van der Waals surface area contributed by atoms with Crippen molar-refractivity contribution in [3.63, 3.8) is 0 Å². The highest BCUT2D eigenvalue weighted by Gasteiger charge is 2.37. The van der Waals surface area contributed by atoms with Crippen LogP contribution in [0, 0.1) is 26.6 Å². The zero-order valence-corrected chi connectivity index (χ0v) is 17.5. The molecule has 0 radical (unpaired) electrons. The van der Waals surface area contributed by atoms with Crippen LogP contribution in [0.1, 0.15) is 38.7 Å². The fourth-order valence-electron chi connectivity index (χ4n) is 3.02. The standard InChI is InChI=1S/C20H20F4N6O2/c1-10-4-5-13(8-15(10)21)17(32)26-7-6-25-16(31)9-14-11(2)27-19-28-18(20(22,23)24)29-30(19)12(14)3/h4-5,8H,6-7,9H2,1-3H3,(H,25,31)(H,26,32). The maximum Gasteiger partial charge on any atom is 0.453 e. The maximum absolute atomic E-state index is 13.6. The van der Waals surface area contributed by atoms with Crippen molar-refractivity contribution in [3.8, 4) is 0 Å². The number of nitrogens with zero attached hydrogens (tertiary/aromatic N) is 4. The van der Waals surface area contributed by atoms with Gasteiger partial charge in [-0.25, -0.2) is 13.9 Å². The zero-order chi connectivity index (χ0) is 23.6. The van der Waals surface area contributed by atoms with E-state index in [-0.39, 0.29) is 30.9 Å². The Kier molecular flexibility index (Phi) is 6.42. The highest BCUT2D eigenvalue weighted by atomic mass is 19.4. The van der Waals surface area contributed by atoms with E-state index in [4.69, 9.17) is 0 Å². The summed E-state index contributed by atoms with van der Waals surface area (Å²) in [4.78, 5) is 31.7. The molecule has 0 aliphatic rings. The van der Waals surface area contributed by atoms with Gasteiger partial charge in [0.2, 0.25) is 5.91 Å². The first-order valence-electron chi connectivity index (χ1n) is 9.58. The number of hydrogen-bond donors (Lipinski definition) is 2. The van der Waals surface area contributed by atoms with Gasteiger partial charge in [-0.2, -0.15) is 18.2 Å². The zero-order valence-electron chi connectivity index (χ0n) is 17.5. The van der Waals surface area contributed by atoms with Gasteiger partial charge in [0.05, 0.1) is 6.42 Å². The normalized spacial score (nSPS) is 11.6. The summed E-state index contributed by atoms with van der Waals surface area (Å²) in [5.74, 6) is -2.89. The van der Waals surface area contributed by atoms with Crippen molar-refractivity contribution in [2.24, 2.45) is 0 Å². The van der Waals surface area contributed by atoms with E-state index in [1.807, 2.05) is 0 Å². The van der Waals surface area contributed by atoms with Gasteiger partial charge >= 0.3 is 6.18 Å². The molecule has 0 aliphatic heterocycles. The number of alkyl halides is 3. The van der Waals surface area contributed by atoms with Crippen molar-refractivity contribution >= 4 is 17.6 Å². The Morgan fingerprint density at radius 2 is 1.75 bits per heavy atom. The van der Waals surface area contributed by atoms with Crippen LogP contribution in [-0.2, 0) is 17.4 Å². The second-order valence-corrected chi connectivity index (χ2v) is 7.15. The first-order valence-corrected chi connectivity index (χ1v) is 9.58. The van der Waals surface area contributed by atoms with E-state index in [1.165, 1.54) is 19.1 Å². The minimum absolute atomic E-state index is 0.105. The van der Waals surface area contributed by atoms with Crippen LogP contribution in [0.4, 0.5) is 17.6 Å². The smallest absolute Gasteiger partial charge is 0.354 e. The second kappa shape index (κ2) is 8.89. The van der Waals surface area contributed by atoms with Crippen LogP contribution in [-0.4, -0.2) is 44.5 Å². The van der Waals surface area contributed by atoms with E-state index in [9.17, 15) is 27.2 Å². The lowest BCUT2D eigenvalue weighted by Crippen LogP contribution is -2.35. The van der Waals surface area contributed by atoms with Crippen LogP contribution in [0.3, 0.4) is 0 Å². The Morgan fingerprint density at radius 1 is 1.06 bits per heavy atom. The quantitative estimate of drug-likeness (QED) is 0.442. The number of fused-ring (bicyclic) bond motifs is 1. The fraction of sp³-hybridized carbons (Fsp3) is 0.350. The van der Waals surface area contributed by atoms with Crippen molar-refractivity contribution in [1.29, 1.82) is 0 Å². The van der Waals surface area contributed by atoms with Crippen LogP contribution in [0.2, 0.25) is 0 Å². The molecule has 32 heavy (non-hydrogen) atoms. The Labute approximate surface area is 180 Å². The third-order valence-electron chi connectivity index (χ3n) is 4.81. The van der Waals surface area contributed by atoms with Crippen LogP contribution in [0.5, 0.6) is 0 Å². The highest BCUT2D eigenvalue weighted by Crippen LogP contribution is 2.27. The average molecular weight is 452 g/mol. The Hall–Kier alpha value is -3.57. The molecule has 0 fully saturated rings. The van der Waals surface area contributed by atoms with Gasteiger partial charge in [-0.1, -0.05) is 6.07 Å². The van der Waals surface area contributed by atoms with E-state index in [0.29, 0.717) is 22.5 Å². The number of carbonyl (C=O) groups is 2. The molecule has 3 rings (SSSR count). The fourth-order valence-corrected chi connectivity index (χ4v) is 3.02. The number of aryl methyl sites for hydroxylation is 3. The molecular formula is C20H20F4N6O2. The van der Waals surface area contributed by atoms with Gasteiger partial charge in [0.15, 0.2) is 0 Å². The molecule has 8 nitrogen and oxygen atoms in total. The van der Waals surface area contributed by atoms with E-state index in [2.05, 4.69) is 25.7 Å². The largest absolute Gasteiger partial charge is 0.453 e. The molecule has 0 aliphatic carbocycles. The van der Waals surface area contributed by atoms with Gasteiger partial charge < -0.3 is 10.6 Å². The molecule has 3 aromatic rings. The number of amides is 2. The molecule has 0 atom stereocenters. The molecule has 2 heterocycles. The first-order chi connectivity index (χ1) is 15.0. The molecule has 0 bridgehead atoms. The highest BCUT2D eigenvalue weighted by molar-refractivity contribution is 5.94. The molecule has 2 amide bonds. The molecule has 2 aromatic heterocycles. The summed E-state index contributed by atoms with van der Waals surface area (Å²) >= 11 is 0. The minimum Gasteiger partial charge on any atom is -0.354 e. The summed E-state index contributed by atoms with van der Waals surface area (Å²) in [6, 6.07) is 4.12. The molecule has 0 unspecified atom stereocenters. The van der Waals surface area contributed by atoms with Crippen molar-refractivity contribution < 1.29 is 27.2 Å². The molecule has 0 spiro atoms. The Bertz CT molecular complexity index is 1190. The lowest BCUT2D eigenvalue weighted by molar-refractivity contribution is -0.144. The van der Waals surface area contributed by atoms with Gasteiger partial charge in [0, 0.05) is 35.6 Å². The van der Waals surface area contributed by atoms with Gasteiger partial charge in [-0.05, 0) is 38.5 Å². The van der Waals surface area contributed by atoms with Gasteiger partial charge in [-0.15, -0.1) is 5.10 Å². The monoisotopic (exact) mass is 452 g/mol. The van der Waals surface area contributed by atoms with Crippen LogP contribution < -0.4 is 10.6 Å². The summed E-state index contributed by atoms with van der Waals surface area (Å²) in [7, 11) is 0. The number of carbonyl (C=O) groups excluding carboxylic acids is 2. The summed E-state index contributed by atoms with van der Waals surface area (Å²) in [6.07, 6.45) is -4.85. The lowest BCUT2D eigenvalue weighted by atomic mass is 10.1. The summed E-state index contributed by atoms with van der Waals surface area (Å²) in [5.41, 5.74) is 1.69. The van der Waals surface area contributed by atoms with Gasteiger partial charge in [-0.3, -0.25) is 9.59 Å². The number of hydrogen-bond acceptors (Lipinski definition) is 5. The third-order valence-corrected chi connectivity index (χ3v) is 4.81. The number of aromatic nitrogens is 4. The molecule has 1 aromatic carbocycles. The number of halogens is 4. The van der Waals surface area contributed by atoms with Gasteiger partial charge in [0.1, 0.15) is 5.82 Å². The Balaban J connectivity index is 1.58. The maximum atomic E-state index is 13.6. The molecule has 170 valence electrons. The molecular weight excluding hydrogens is 432 g/mol. The van der Waals surface area contributed by atoms with E-state index in [0.717, 1.165) is 10.6 Å². The molecule has 2 N–H and O–H groups in total. The van der Waals surface area contributed by atoms with Crippen LogP contribution >= 0.6 is 0 Å². The molecule has 0 saturated carbocycles. The van der Waals surface area contributed by atoms with E-state index >= 15 is 0 Å². The average Bonchev–Trinajstić information content (AvgIpc) is 3.15. The number of nitrogens with one attached hydrogen (secondary N) is 2. The molecule has 12 heteroatoms. The van der Waals surface area contributed by atoms with Gasteiger partial charge in [0.25, 0.3) is 17.5 Å². The summed E-state index contributed by atoms with van der Waals surface area (Å²) in [6.45, 7) is 4.89. The second-order valence-electron chi connectivity index (χ2n) is 7.15. The van der Waals surface area contributed by atoms with E-state index < -0.39 is 29.6 Å². The Morgan fingerprint density at radius 3 is 2.41 bits per heavy atom. The van der Waals surface area contributed by atoms with Crippen molar-refractivity contribution in [2.75, 3.05) is 13.1 Å². The van der Waals surface area contributed by atoms with E-state index in [1.54, 1.807) is 13.8 Å².